The first-order valence-electron chi connectivity index (χ1n) is 8.72. The van der Waals surface area contributed by atoms with Gasteiger partial charge in [-0.25, -0.2) is 0 Å². The summed E-state index contributed by atoms with van der Waals surface area (Å²) in [6.07, 6.45) is 0. The summed E-state index contributed by atoms with van der Waals surface area (Å²) in [6.45, 7) is 3.23. The van der Waals surface area contributed by atoms with Gasteiger partial charge >= 0.3 is 0 Å². The van der Waals surface area contributed by atoms with Gasteiger partial charge in [0.05, 0.1) is 0 Å². The van der Waals surface area contributed by atoms with Gasteiger partial charge in [-0.05, 0) is 75.3 Å². The second kappa shape index (κ2) is 6.16. The van der Waals surface area contributed by atoms with Gasteiger partial charge in [0.25, 0.3) is 0 Å². The SMILES string of the molecule is Cc1ccc2c3c(ccc2c1)OCCOc1ccc2cc(I)ccc2c1-3. The Morgan fingerprint density at radius 1 is 0.692 bits per heavy atom. The molecule has 0 radical (unpaired) electrons. The van der Waals surface area contributed by atoms with Gasteiger partial charge in [0, 0.05) is 14.7 Å². The number of hydrogen-bond acceptors (Lipinski definition) is 2. The summed E-state index contributed by atoms with van der Waals surface area (Å²) in [5.41, 5.74) is 3.51. The molecule has 0 bridgehead atoms. The molecule has 3 heteroatoms. The third-order valence-electron chi connectivity index (χ3n) is 4.93. The Kier molecular flexibility index (Phi) is 3.78. The van der Waals surface area contributed by atoms with Crippen LogP contribution in [0.4, 0.5) is 0 Å². The molecule has 0 saturated carbocycles. The van der Waals surface area contributed by atoms with Crippen LogP contribution in [-0.2, 0) is 0 Å². The van der Waals surface area contributed by atoms with E-state index in [4.69, 9.17) is 9.47 Å². The molecular formula is C23H17IO2. The Bertz CT molecular complexity index is 1070. The predicted octanol–water partition coefficient (Wildman–Crippen LogP) is 6.34. The molecule has 0 atom stereocenters. The van der Waals surface area contributed by atoms with Crippen molar-refractivity contribution in [1.29, 1.82) is 0 Å². The zero-order valence-corrected chi connectivity index (χ0v) is 16.5. The number of benzene rings is 4. The van der Waals surface area contributed by atoms with E-state index in [1.165, 1.54) is 30.7 Å². The minimum absolute atomic E-state index is 0.550. The smallest absolute Gasteiger partial charge is 0.128 e. The van der Waals surface area contributed by atoms with Crippen molar-refractivity contribution in [2.45, 2.75) is 6.92 Å². The van der Waals surface area contributed by atoms with Crippen LogP contribution >= 0.6 is 22.6 Å². The Hall–Kier alpha value is -2.27. The molecule has 1 aliphatic heterocycles. The predicted molar refractivity (Wildman–Crippen MR) is 115 cm³/mol. The van der Waals surface area contributed by atoms with Gasteiger partial charge in [0.15, 0.2) is 0 Å². The first-order chi connectivity index (χ1) is 12.7. The lowest BCUT2D eigenvalue weighted by atomic mass is 9.91. The van der Waals surface area contributed by atoms with Gasteiger partial charge < -0.3 is 9.47 Å². The topological polar surface area (TPSA) is 18.5 Å². The van der Waals surface area contributed by atoms with Crippen LogP contribution in [0.25, 0.3) is 32.7 Å². The highest BCUT2D eigenvalue weighted by Crippen LogP contribution is 2.46. The molecule has 1 aliphatic rings. The van der Waals surface area contributed by atoms with Crippen molar-refractivity contribution in [2.75, 3.05) is 13.2 Å². The Morgan fingerprint density at radius 2 is 1.27 bits per heavy atom. The third-order valence-corrected chi connectivity index (χ3v) is 5.60. The Morgan fingerprint density at radius 3 is 1.92 bits per heavy atom. The zero-order chi connectivity index (χ0) is 17.7. The van der Waals surface area contributed by atoms with Gasteiger partial charge in [0.1, 0.15) is 24.7 Å². The van der Waals surface area contributed by atoms with Crippen LogP contribution in [0, 0.1) is 10.5 Å². The molecular weight excluding hydrogens is 435 g/mol. The first kappa shape index (κ1) is 15.9. The molecule has 0 aliphatic carbocycles. The monoisotopic (exact) mass is 452 g/mol. The second-order valence-corrected chi connectivity index (χ2v) is 7.91. The number of fused-ring (bicyclic) bond motifs is 7. The van der Waals surface area contributed by atoms with Crippen LogP contribution < -0.4 is 9.47 Å². The van der Waals surface area contributed by atoms with E-state index < -0.39 is 0 Å². The van der Waals surface area contributed by atoms with E-state index in [0.29, 0.717) is 13.2 Å². The molecule has 0 unspecified atom stereocenters. The van der Waals surface area contributed by atoms with E-state index in [9.17, 15) is 0 Å². The average molecular weight is 452 g/mol. The lowest BCUT2D eigenvalue weighted by molar-refractivity contribution is 0.215. The van der Waals surface area contributed by atoms with Crippen molar-refractivity contribution in [3.05, 3.63) is 69.8 Å². The highest BCUT2D eigenvalue weighted by atomic mass is 127. The average Bonchev–Trinajstić information content (AvgIpc) is 2.62. The van der Waals surface area contributed by atoms with E-state index in [0.717, 1.165) is 22.6 Å². The number of aryl methyl sites for hydroxylation is 1. The van der Waals surface area contributed by atoms with Gasteiger partial charge in [-0.1, -0.05) is 42.0 Å². The summed E-state index contributed by atoms with van der Waals surface area (Å²) in [7, 11) is 0. The first-order valence-corrected chi connectivity index (χ1v) is 9.80. The van der Waals surface area contributed by atoms with E-state index in [1.54, 1.807) is 0 Å². The van der Waals surface area contributed by atoms with Crippen LogP contribution in [0.5, 0.6) is 11.5 Å². The molecule has 0 spiro atoms. The number of ether oxygens (including phenoxy) is 2. The summed E-state index contributed by atoms with van der Waals surface area (Å²) >= 11 is 2.36. The lowest BCUT2D eigenvalue weighted by Crippen LogP contribution is -2.12. The highest BCUT2D eigenvalue weighted by Gasteiger charge is 2.20. The standard InChI is InChI=1S/C23H17IO2/c1-14-2-6-18-15(12-14)3-8-20-22(18)23-19-7-5-17(24)13-16(19)4-9-21(23)26-11-10-25-20/h2-9,12-13H,10-11H2,1H3. The summed E-state index contributed by atoms with van der Waals surface area (Å²) in [4.78, 5) is 0. The molecule has 1 heterocycles. The maximum Gasteiger partial charge on any atom is 0.128 e. The molecule has 128 valence electrons. The van der Waals surface area contributed by atoms with Gasteiger partial charge in [-0.3, -0.25) is 0 Å². The lowest BCUT2D eigenvalue weighted by Gasteiger charge is -2.22. The van der Waals surface area contributed by atoms with E-state index in [2.05, 4.69) is 90.2 Å². The summed E-state index contributed by atoms with van der Waals surface area (Å²) < 4.78 is 13.4. The molecule has 2 nitrogen and oxygen atoms in total. The Labute approximate surface area is 165 Å². The maximum atomic E-state index is 6.07. The molecule has 0 fully saturated rings. The normalized spacial score (nSPS) is 13.3. The van der Waals surface area contributed by atoms with Gasteiger partial charge in [0.2, 0.25) is 0 Å². The van der Waals surface area contributed by atoms with Crippen molar-refractivity contribution in [3.63, 3.8) is 0 Å². The summed E-state index contributed by atoms with van der Waals surface area (Å²) in [6, 6.07) is 21.6. The Balaban J connectivity index is 1.96. The minimum Gasteiger partial charge on any atom is -0.489 e. The zero-order valence-electron chi connectivity index (χ0n) is 14.4. The molecule has 5 rings (SSSR count). The quantitative estimate of drug-likeness (QED) is 0.290. The van der Waals surface area contributed by atoms with E-state index in [1.807, 2.05) is 0 Å². The molecule has 0 aromatic heterocycles. The van der Waals surface area contributed by atoms with Crippen molar-refractivity contribution in [3.8, 4) is 22.6 Å². The number of rotatable bonds is 0. The third kappa shape index (κ3) is 2.53. The van der Waals surface area contributed by atoms with Crippen LogP contribution in [0.2, 0.25) is 0 Å². The molecule has 4 aromatic carbocycles. The van der Waals surface area contributed by atoms with Crippen LogP contribution in [0.1, 0.15) is 5.56 Å². The summed E-state index contributed by atoms with van der Waals surface area (Å²) in [5, 5.41) is 4.84. The van der Waals surface area contributed by atoms with E-state index in [-0.39, 0.29) is 0 Å². The maximum absolute atomic E-state index is 6.07. The van der Waals surface area contributed by atoms with Crippen LogP contribution in [-0.4, -0.2) is 13.2 Å². The fraction of sp³-hybridized carbons (Fsp3) is 0.130. The highest BCUT2D eigenvalue weighted by molar-refractivity contribution is 14.1. The fourth-order valence-electron chi connectivity index (χ4n) is 3.77. The number of hydrogen-bond donors (Lipinski definition) is 0. The van der Waals surface area contributed by atoms with Gasteiger partial charge in [-0.2, -0.15) is 0 Å². The molecule has 0 N–H and O–H groups in total. The second-order valence-electron chi connectivity index (χ2n) is 6.66. The fourth-order valence-corrected chi connectivity index (χ4v) is 4.28. The molecule has 26 heavy (non-hydrogen) atoms. The van der Waals surface area contributed by atoms with Crippen LogP contribution in [0.3, 0.4) is 0 Å². The molecule has 0 amide bonds. The van der Waals surface area contributed by atoms with E-state index >= 15 is 0 Å². The number of halogens is 1. The van der Waals surface area contributed by atoms with Crippen LogP contribution in [0.15, 0.2) is 60.7 Å². The van der Waals surface area contributed by atoms with Crippen molar-refractivity contribution >= 4 is 44.1 Å². The van der Waals surface area contributed by atoms with Gasteiger partial charge in [-0.15, -0.1) is 0 Å². The van der Waals surface area contributed by atoms with Crippen molar-refractivity contribution < 1.29 is 9.47 Å². The van der Waals surface area contributed by atoms with Crippen molar-refractivity contribution in [1.82, 2.24) is 0 Å². The minimum atomic E-state index is 0.550. The largest absolute Gasteiger partial charge is 0.489 e. The van der Waals surface area contributed by atoms with Crippen molar-refractivity contribution in [2.24, 2.45) is 0 Å². The summed E-state index contributed by atoms with van der Waals surface area (Å²) in [5.74, 6) is 1.85. The molecule has 0 saturated heterocycles. The molecule has 4 aromatic rings.